The fraction of sp³-hybridized carbons (Fsp3) is 0.833. The number of carbonyl (C=O) groups is 2. The predicted octanol–water partition coefficient (Wildman–Crippen LogP) is 1.48. The Labute approximate surface area is 103 Å². The normalized spacial score (nSPS) is 14.3. The number of hydrogen-bond acceptors (Lipinski definition) is 3. The fourth-order valence-corrected chi connectivity index (χ4v) is 1.76. The van der Waals surface area contributed by atoms with Gasteiger partial charge in [0.05, 0.1) is 6.61 Å². The van der Waals surface area contributed by atoms with Crippen molar-refractivity contribution in [1.29, 1.82) is 0 Å². The number of rotatable bonds is 6. The van der Waals surface area contributed by atoms with Gasteiger partial charge in [0, 0.05) is 19.1 Å². The molecular weight excluding hydrogens is 220 g/mol. The van der Waals surface area contributed by atoms with E-state index in [1.165, 1.54) is 0 Å². The van der Waals surface area contributed by atoms with Gasteiger partial charge in [-0.15, -0.1) is 0 Å². The largest absolute Gasteiger partial charge is 0.465 e. The highest BCUT2D eigenvalue weighted by Gasteiger charge is 2.35. The summed E-state index contributed by atoms with van der Waals surface area (Å²) in [6.07, 6.45) is 1.98. The minimum Gasteiger partial charge on any atom is -0.465 e. The molecule has 0 aromatic heterocycles. The smallest absolute Gasteiger partial charge is 0.325 e. The van der Waals surface area contributed by atoms with E-state index >= 15 is 0 Å². The molecule has 1 rings (SSSR count). The number of carbonyl (C=O) groups excluding carboxylic acids is 2. The topological polar surface area (TPSA) is 49.9 Å². The van der Waals surface area contributed by atoms with Crippen LogP contribution in [0.25, 0.3) is 0 Å². The molecule has 1 saturated carbocycles. The summed E-state index contributed by atoms with van der Waals surface area (Å²) in [4.78, 5) is 27.0. The Hall–Kier alpha value is -1.26. The molecule has 0 atom stereocenters. The van der Waals surface area contributed by atoms with Crippen molar-refractivity contribution in [2.45, 2.75) is 39.7 Å². The van der Waals surface area contributed by atoms with Crippen molar-refractivity contribution < 1.29 is 14.3 Å². The molecule has 0 radical (unpaired) electrons. The number of esters is 1. The van der Waals surface area contributed by atoms with E-state index in [1.807, 2.05) is 13.8 Å². The summed E-state index contributed by atoms with van der Waals surface area (Å²) in [7, 11) is 0. The zero-order valence-corrected chi connectivity index (χ0v) is 10.9. The predicted molar refractivity (Wildman–Crippen MR) is 64.7 cm³/mol. The SMILES string of the molecule is CCOC(=O)CN(C(=O)N(CC)CC)C1CC1. The molecule has 1 fully saturated rings. The number of urea groups is 1. The van der Waals surface area contributed by atoms with Gasteiger partial charge in [0.25, 0.3) is 0 Å². The molecule has 0 bridgehead atoms. The van der Waals surface area contributed by atoms with Gasteiger partial charge in [-0.25, -0.2) is 4.79 Å². The van der Waals surface area contributed by atoms with Crippen molar-refractivity contribution in [2.75, 3.05) is 26.2 Å². The Kier molecular flexibility index (Phi) is 5.25. The molecule has 98 valence electrons. The monoisotopic (exact) mass is 242 g/mol. The first kappa shape index (κ1) is 13.8. The van der Waals surface area contributed by atoms with E-state index < -0.39 is 0 Å². The molecule has 0 aromatic rings. The molecule has 0 heterocycles. The van der Waals surface area contributed by atoms with Gasteiger partial charge in [0.15, 0.2) is 0 Å². The lowest BCUT2D eigenvalue weighted by atomic mass is 10.4. The Morgan fingerprint density at radius 2 is 1.76 bits per heavy atom. The van der Waals surface area contributed by atoms with E-state index in [2.05, 4.69) is 0 Å². The first-order chi connectivity index (χ1) is 8.13. The summed E-state index contributed by atoms with van der Waals surface area (Å²) >= 11 is 0. The van der Waals surface area contributed by atoms with Gasteiger partial charge in [-0.2, -0.15) is 0 Å². The first-order valence-corrected chi connectivity index (χ1v) is 6.35. The second kappa shape index (κ2) is 6.47. The van der Waals surface area contributed by atoms with Crippen molar-refractivity contribution >= 4 is 12.0 Å². The van der Waals surface area contributed by atoms with E-state index in [9.17, 15) is 9.59 Å². The van der Waals surface area contributed by atoms with Crippen LogP contribution in [0.3, 0.4) is 0 Å². The van der Waals surface area contributed by atoms with E-state index in [0.717, 1.165) is 12.8 Å². The second-order valence-electron chi connectivity index (χ2n) is 4.12. The van der Waals surface area contributed by atoms with Crippen LogP contribution in [0.1, 0.15) is 33.6 Å². The highest BCUT2D eigenvalue weighted by molar-refractivity contribution is 5.81. The van der Waals surface area contributed by atoms with Crippen molar-refractivity contribution in [3.05, 3.63) is 0 Å². The third-order valence-corrected chi connectivity index (χ3v) is 2.87. The Balaban J connectivity index is 2.58. The molecule has 0 aromatic carbocycles. The number of hydrogen-bond donors (Lipinski definition) is 0. The van der Waals surface area contributed by atoms with Crippen molar-refractivity contribution in [1.82, 2.24) is 9.80 Å². The molecule has 2 amide bonds. The summed E-state index contributed by atoms with van der Waals surface area (Å²) in [6, 6.07) is 0.179. The number of amides is 2. The molecule has 1 aliphatic carbocycles. The highest BCUT2D eigenvalue weighted by Crippen LogP contribution is 2.27. The van der Waals surface area contributed by atoms with E-state index in [0.29, 0.717) is 19.7 Å². The molecule has 5 nitrogen and oxygen atoms in total. The van der Waals surface area contributed by atoms with Crippen LogP contribution >= 0.6 is 0 Å². The maximum absolute atomic E-state index is 12.2. The maximum atomic E-state index is 12.2. The van der Waals surface area contributed by atoms with Crippen LogP contribution in [0.5, 0.6) is 0 Å². The molecule has 0 aliphatic heterocycles. The van der Waals surface area contributed by atoms with Crippen molar-refractivity contribution in [3.63, 3.8) is 0 Å². The van der Waals surface area contributed by atoms with Crippen LogP contribution in [-0.2, 0) is 9.53 Å². The molecular formula is C12H22N2O3. The summed E-state index contributed by atoms with van der Waals surface area (Å²) in [5, 5.41) is 0. The van der Waals surface area contributed by atoms with Crippen LogP contribution in [0.4, 0.5) is 4.79 Å². The molecule has 0 spiro atoms. The number of nitrogens with zero attached hydrogens (tertiary/aromatic N) is 2. The van der Waals surface area contributed by atoms with Crippen LogP contribution in [0.15, 0.2) is 0 Å². The third-order valence-electron chi connectivity index (χ3n) is 2.87. The Morgan fingerprint density at radius 1 is 1.18 bits per heavy atom. The lowest BCUT2D eigenvalue weighted by Crippen LogP contribution is -2.46. The number of ether oxygens (including phenoxy) is 1. The lowest BCUT2D eigenvalue weighted by molar-refractivity contribution is -0.144. The van der Waals surface area contributed by atoms with Crippen molar-refractivity contribution in [3.8, 4) is 0 Å². The van der Waals surface area contributed by atoms with Crippen LogP contribution in [-0.4, -0.2) is 54.1 Å². The van der Waals surface area contributed by atoms with Crippen LogP contribution < -0.4 is 0 Å². The summed E-state index contributed by atoms with van der Waals surface area (Å²) in [5.74, 6) is -0.320. The Morgan fingerprint density at radius 3 is 2.18 bits per heavy atom. The second-order valence-corrected chi connectivity index (χ2v) is 4.12. The minimum absolute atomic E-state index is 0.0504. The lowest BCUT2D eigenvalue weighted by Gasteiger charge is -2.28. The average molecular weight is 242 g/mol. The molecule has 17 heavy (non-hydrogen) atoms. The first-order valence-electron chi connectivity index (χ1n) is 6.35. The van der Waals surface area contributed by atoms with Crippen LogP contribution in [0, 0.1) is 0 Å². The summed E-state index contributed by atoms with van der Waals surface area (Å²) < 4.78 is 4.90. The van der Waals surface area contributed by atoms with Gasteiger partial charge in [-0.3, -0.25) is 4.79 Å². The van der Waals surface area contributed by atoms with Gasteiger partial charge in [0.2, 0.25) is 0 Å². The Bertz CT molecular complexity index is 273. The highest BCUT2D eigenvalue weighted by atomic mass is 16.5. The van der Waals surface area contributed by atoms with Crippen molar-refractivity contribution in [2.24, 2.45) is 0 Å². The average Bonchev–Trinajstić information content (AvgIpc) is 3.11. The standard InChI is InChI=1S/C12H22N2O3/c1-4-13(5-2)12(16)14(10-7-8-10)9-11(15)17-6-3/h10H,4-9H2,1-3H3. The van der Waals surface area contributed by atoms with E-state index in [4.69, 9.17) is 4.74 Å². The van der Waals surface area contributed by atoms with Gasteiger partial charge < -0.3 is 14.5 Å². The zero-order valence-electron chi connectivity index (χ0n) is 10.9. The molecule has 0 unspecified atom stereocenters. The van der Waals surface area contributed by atoms with Gasteiger partial charge in [-0.1, -0.05) is 0 Å². The third kappa shape index (κ3) is 3.91. The fourth-order valence-electron chi connectivity index (χ4n) is 1.76. The van der Waals surface area contributed by atoms with Gasteiger partial charge in [0.1, 0.15) is 6.54 Å². The van der Waals surface area contributed by atoms with Gasteiger partial charge >= 0.3 is 12.0 Å². The summed E-state index contributed by atoms with van der Waals surface area (Å²) in [6.45, 7) is 7.42. The minimum atomic E-state index is -0.320. The summed E-state index contributed by atoms with van der Waals surface area (Å²) in [5.41, 5.74) is 0. The molecule has 5 heteroatoms. The van der Waals surface area contributed by atoms with Crippen LogP contribution in [0.2, 0.25) is 0 Å². The maximum Gasteiger partial charge on any atom is 0.325 e. The quantitative estimate of drug-likeness (QED) is 0.663. The molecule has 0 saturated heterocycles. The zero-order chi connectivity index (χ0) is 12.8. The molecule has 1 aliphatic rings. The van der Waals surface area contributed by atoms with E-state index in [1.54, 1.807) is 16.7 Å². The van der Waals surface area contributed by atoms with E-state index in [-0.39, 0.29) is 24.6 Å². The molecule has 0 N–H and O–H groups in total. The van der Waals surface area contributed by atoms with Gasteiger partial charge in [-0.05, 0) is 33.6 Å².